The molecule has 4 nitrogen and oxygen atoms in total. The lowest BCUT2D eigenvalue weighted by molar-refractivity contribution is 0.0475. The van der Waals surface area contributed by atoms with Crippen LogP contribution in [0.2, 0.25) is 5.02 Å². The van der Waals surface area contributed by atoms with Crippen LogP contribution in [0.1, 0.15) is 15.9 Å². The molecule has 124 valence electrons. The van der Waals surface area contributed by atoms with E-state index < -0.39 is 5.97 Å². The van der Waals surface area contributed by atoms with E-state index in [4.69, 9.17) is 16.3 Å². The Morgan fingerprint density at radius 2 is 1.76 bits per heavy atom. The Bertz CT molecular complexity index is 1080. The maximum absolute atomic E-state index is 12.5. The number of esters is 1. The molecule has 0 spiro atoms. The number of carbonyl (C=O) groups is 1. The summed E-state index contributed by atoms with van der Waals surface area (Å²) in [5.41, 5.74) is 2.04. The monoisotopic (exact) mass is 351 g/mol. The smallest absolute Gasteiger partial charge is 0.340 e. The number of aromatic amines is 1. The average Bonchev–Trinajstić information content (AvgIpc) is 3.05. The number of hydrogen-bond donors (Lipinski definition) is 2. The third-order valence-corrected chi connectivity index (χ3v) is 4.43. The van der Waals surface area contributed by atoms with Crippen molar-refractivity contribution in [2.24, 2.45) is 0 Å². The highest BCUT2D eigenvalue weighted by Crippen LogP contribution is 2.34. The Hall–Kier alpha value is -2.98. The molecular weight excluding hydrogens is 338 g/mol. The van der Waals surface area contributed by atoms with E-state index in [0.29, 0.717) is 16.0 Å². The number of rotatable bonds is 3. The van der Waals surface area contributed by atoms with Crippen LogP contribution in [0.15, 0.2) is 60.8 Å². The number of phenols is 1. The van der Waals surface area contributed by atoms with Gasteiger partial charge in [-0.05, 0) is 23.8 Å². The SMILES string of the molecule is O=C(OCc1ccc(Cl)cc1)c1c[nH]c2c1cc(O)c1ccccc12. The van der Waals surface area contributed by atoms with Crippen molar-refractivity contribution >= 4 is 39.2 Å². The quantitative estimate of drug-likeness (QED) is 0.508. The lowest BCUT2D eigenvalue weighted by Gasteiger charge is -2.06. The van der Waals surface area contributed by atoms with Gasteiger partial charge in [0, 0.05) is 27.4 Å². The van der Waals surface area contributed by atoms with Gasteiger partial charge in [0.1, 0.15) is 12.4 Å². The van der Waals surface area contributed by atoms with Crippen molar-refractivity contribution in [3.63, 3.8) is 0 Å². The summed E-state index contributed by atoms with van der Waals surface area (Å²) in [4.78, 5) is 15.6. The van der Waals surface area contributed by atoms with E-state index in [0.717, 1.165) is 21.9 Å². The second kappa shape index (κ2) is 6.15. The normalized spacial score (nSPS) is 11.1. The molecule has 0 unspecified atom stereocenters. The fourth-order valence-electron chi connectivity index (χ4n) is 2.92. The third-order valence-electron chi connectivity index (χ3n) is 4.18. The summed E-state index contributed by atoms with van der Waals surface area (Å²) >= 11 is 5.85. The van der Waals surface area contributed by atoms with Gasteiger partial charge >= 0.3 is 5.97 Å². The molecule has 5 heteroatoms. The lowest BCUT2D eigenvalue weighted by Crippen LogP contribution is -2.04. The maximum Gasteiger partial charge on any atom is 0.340 e. The molecule has 0 aliphatic rings. The number of hydrogen-bond acceptors (Lipinski definition) is 3. The standard InChI is InChI=1S/C20H14ClNO3/c21-13-7-5-12(6-8-13)11-25-20(24)17-10-22-19-15-4-2-1-3-14(15)18(23)9-16(17)19/h1-10,22-23H,11H2. The number of aromatic nitrogens is 1. The van der Waals surface area contributed by atoms with Crippen LogP contribution in [-0.2, 0) is 11.3 Å². The summed E-state index contributed by atoms with van der Waals surface area (Å²) in [6.07, 6.45) is 1.61. The number of nitrogens with one attached hydrogen (secondary N) is 1. The lowest BCUT2D eigenvalue weighted by atomic mass is 10.0. The van der Waals surface area contributed by atoms with E-state index in [1.807, 2.05) is 36.4 Å². The fraction of sp³-hybridized carbons (Fsp3) is 0.0500. The highest BCUT2D eigenvalue weighted by molar-refractivity contribution is 6.30. The number of H-pyrrole nitrogens is 1. The Morgan fingerprint density at radius 3 is 2.52 bits per heavy atom. The third kappa shape index (κ3) is 2.81. The Morgan fingerprint density at radius 1 is 1.04 bits per heavy atom. The van der Waals surface area contributed by atoms with Crippen molar-refractivity contribution in [3.8, 4) is 5.75 Å². The predicted molar refractivity (Wildman–Crippen MR) is 98.0 cm³/mol. The van der Waals surface area contributed by atoms with Crippen LogP contribution < -0.4 is 0 Å². The molecule has 4 aromatic rings. The maximum atomic E-state index is 12.5. The number of carbonyl (C=O) groups excluding carboxylic acids is 1. The summed E-state index contributed by atoms with van der Waals surface area (Å²) in [6, 6.07) is 16.2. The minimum Gasteiger partial charge on any atom is -0.507 e. The number of fused-ring (bicyclic) bond motifs is 3. The minimum absolute atomic E-state index is 0.134. The van der Waals surface area contributed by atoms with Crippen LogP contribution >= 0.6 is 11.6 Å². The van der Waals surface area contributed by atoms with Crippen molar-refractivity contribution in [1.82, 2.24) is 4.98 Å². The Kier molecular flexibility index (Phi) is 3.82. The first kappa shape index (κ1) is 15.5. The first-order valence-electron chi connectivity index (χ1n) is 7.77. The van der Waals surface area contributed by atoms with Gasteiger partial charge < -0.3 is 14.8 Å². The first-order chi connectivity index (χ1) is 12.1. The van der Waals surface area contributed by atoms with Crippen LogP contribution in [0.25, 0.3) is 21.7 Å². The summed E-state index contributed by atoms with van der Waals surface area (Å²) in [7, 11) is 0. The molecule has 0 saturated carbocycles. The Balaban J connectivity index is 1.67. The summed E-state index contributed by atoms with van der Waals surface area (Å²) in [5.74, 6) is -0.315. The van der Waals surface area contributed by atoms with Crippen LogP contribution in [0.4, 0.5) is 0 Å². The summed E-state index contributed by atoms with van der Waals surface area (Å²) in [5, 5.41) is 13.1. The van der Waals surface area contributed by atoms with Gasteiger partial charge in [-0.3, -0.25) is 0 Å². The second-order valence-corrected chi connectivity index (χ2v) is 6.21. The van der Waals surface area contributed by atoms with E-state index in [1.54, 1.807) is 24.4 Å². The first-order valence-corrected chi connectivity index (χ1v) is 8.14. The number of phenolic OH excluding ortho intramolecular Hbond substituents is 1. The van der Waals surface area contributed by atoms with Crippen LogP contribution in [0, 0.1) is 0 Å². The molecule has 0 bridgehead atoms. The van der Waals surface area contributed by atoms with E-state index in [-0.39, 0.29) is 12.4 Å². The van der Waals surface area contributed by atoms with E-state index in [2.05, 4.69) is 4.98 Å². The van der Waals surface area contributed by atoms with Gasteiger partial charge in [-0.1, -0.05) is 48.0 Å². The Labute approximate surface area is 148 Å². The second-order valence-electron chi connectivity index (χ2n) is 5.77. The molecule has 0 amide bonds. The molecule has 2 N–H and O–H groups in total. The van der Waals surface area contributed by atoms with Gasteiger partial charge in [0.05, 0.1) is 11.1 Å². The van der Waals surface area contributed by atoms with Crippen molar-refractivity contribution in [3.05, 3.63) is 76.9 Å². The van der Waals surface area contributed by atoms with Gasteiger partial charge in [0.25, 0.3) is 0 Å². The number of ether oxygens (including phenoxy) is 1. The highest BCUT2D eigenvalue weighted by atomic mass is 35.5. The molecule has 3 aromatic carbocycles. The molecule has 0 aliphatic carbocycles. The van der Waals surface area contributed by atoms with E-state index in [9.17, 15) is 9.90 Å². The van der Waals surface area contributed by atoms with Crippen LogP contribution in [-0.4, -0.2) is 16.1 Å². The predicted octanol–water partition coefficient (Wildman–Crippen LogP) is 5.04. The van der Waals surface area contributed by atoms with Crippen molar-refractivity contribution in [2.75, 3.05) is 0 Å². The van der Waals surface area contributed by atoms with Crippen molar-refractivity contribution in [1.29, 1.82) is 0 Å². The van der Waals surface area contributed by atoms with Gasteiger partial charge in [-0.15, -0.1) is 0 Å². The van der Waals surface area contributed by atoms with Gasteiger partial charge in [0.15, 0.2) is 0 Å². The molecule has 1 aromatic heterocycles. The van der Waals surface area contributed by atoms with Gasteiger partial charge in [-0.2, -0.15) is 0 Å². The summed E-state index contributed by atoms with van der Waals surface area (Å²) in [6.45, 7) is 0.155. The van der Waals surface area contributed by atoms with Crippen LogP contribution in [0.5, 0.6) is 5.75 Å². The zero-order chi connectivity index (χ0) is 17.4. The molecule has 0 radical (unpaired) electrons. The van der Waals surface area contributed by atoms with Crippen molar-refractivity contribution in [2.45, 2.75) is 6.61 Å². The van der Waals surface area contributed by atoms with E-state index in [1.165, 1.54) is 0 Å². The largest absolute Gasteiger partial charge is 0.507 e. The van der Waals surface area contributed by atoms with Crippen LogP contribution in [0.3, 0.4) is 0 Å². The number of benzene rings is 3. The van der Waals surface area contributed by atoms with Gasteiger partial charge in [-0.25, -0.2) is 4.79 Å². The molecule has 0 fully saturated rings. The molecular formula is C20H14ClNO3. The average molecular weight is 352 g/mol. The topological polar surface area (TPSA) is 62.3 Å². The fourth-order valence-corrected chi connectivity index (χ4v) is 3.05. The number of halogens is 1. The zero-order valence-electron chi connectivity index (χ0n) is 13.1. The van der Waals surface area contributed by atoms with Gasteiger partial charge in [0.2, 0.25) is 0 Å². The molecule has 0 aliphatic heterocycles. The van der Waals surface area contributed by atoms with E-state index >= 15 is 0 Å². The summed E-state index contributed by atoms with van der Waals surface area (Å²) < 4.78 is 5.39. The molecule has 25 heavy (non-hydrogen) atoms. The van der Waals surface area contributed by atoms with Crippen molar-refractivity contribution < 1.29 is 14.6 Å². The zero-order valence-corrected chi connectivity index (χ0v) is 13.9. The molecule has 0 atom stereocenters. The molecule has 0 saturated heterocycles. The number of aromatic hydroxyl groups is 1. The molecule has 1 heterocycles. The molecule has 4 rings (SSSR count). The minimum atomic E-state index is -0.448. The highest BCUT2D eigenvalue weighted by Gasteiger charge is 2.17.